The first kappa shape index (κ1) is 10.3. The van der Waals surface area contributed by atoms with Gasteiger partial charge in [0.2, 0.25) is 0 Å². The van der Waals surface area contributed by atoms with Crippen molar-refractivity contribution in [1.29, 1.82) is 0 Å². The Hall–Kier alpha value is -0.820. The zero-order valence-corrected chi connectivity index (χ0v) is 8.15. The summed E-state index contributed by atoms with van der Waals surface area (Å²) in [7, 11) is -2.99. The molecular formula is C6H13N3O3S. The zero-order chi connectivity index (χ0) is 10.1. The van der Waals surface area contributed by atoms with Gasteiger partial charge in [0.15, 0.2) is 9.84 Å². The molecule has 1 saturated heterocycles. The second-order valence-corrected chi connectivity index (χ2v) is 5.69. The molecule has 0 aromatic heterocycles. The lowest BCUT2D eigenvalue weighted by molar-refractivity contribution is 0.230. The molecule has 0 unspecified atom stereocenters. The van der Waals surface area contributed by atoms with Crippen molar-refractivity contribution < 1.29 is 13.2 Å². The third-order valence-corrected chi connectivity index (χ3v) is 3.95. The van der Waals surface area contributed by atoms with E-state index >= 15 is 0 Å². The molecule has 0 aliphatic carbocycles. The van der Waals surface area contributed by atoms with Gasteiger partial charge in [-0.2, -0.15) is 0 Å². The lowest BCUT2D eigenvalue weighted by Gasteiger charge is -2.22. The van der Waals surface area contributed by atoms with Crippen molar-refractivity contribution in [3.63, 3.8) is 0 Å². The Morgan fingerprint density at radius 2 is 2.15 bits per heavy atom. The second kappa shape index (κ2) is 3.15. The van der Waals surface area contributed by atoms with Crippen LogP contribution in [-0.4, -0.2) is 31.5 Å². The summed E-state index contributed by atoms with van der Waals surface area (Å²) in [5.41, 5.74) is 1.22. The summed E-state index contributed by atoms with van der Waals surface area (Å²) in [6.07, 6.45) is 0.433. The quantitative estimate of drug-likeness (QED) is 0.283. The van der Waals surface area contributed by atoms with E-state index in [1.165, 1.54) is 0 Å². The molecule has 13 heavy (non-hydrogen) atoms. The number of hydrogen-bond donors (Lipinski definition) is 3. The molecule has 0 bridgehead atoms. The van der Waals surface area contributed by atoms with E-state index in [-0.39, 0.29) is 11.5 Å². The van der Waals surface area contributed by atoms with Crippen molar-refractivity contribution in [2.75, 3.05) is 11.5 Å². The van der Waals surface area contributed by atoms with Crippen molar-refractivity contribution >= 4 is 15.9 Å². The molecule has 0 aromatic rings. The van der Waals surface area contributed by atoms with Crippen LogP contribution in [0.1, 0.15) is 13.3 Å². The van der Waals surface area contributed by atoms with Gasteiger partial charge in [-0.3, -0.25) is 5.43 Å². The SMILES string of the molecule is C[C@]1(NC(=O)NN)CCS(=O)(=O)C1. The van der Waals surface area contributed by atoms with Crippen LogP contribution in [-0.2, 0) is 9.84 Å². The van der Waals surface area contributed by atoms with E-state index in [1.54, 1.807) is 6.92 Å². The van der Waals surface area contributed by atoms with Gasteiger partial charge >= 0.3 is 6.03 Å². The highest BCUT2D eigenvalue weighted by atomic mass is 32.2. The van der Waals surface area contributed by atoms with Gasteiger partial charge in [-0.25, -0.2) is 19.1 Å². The van der Waals surface area contributed by atoms with E-state index in [9.17, 15) is 13.2 Å². The maximum atomic E-state index is 11.1. The van der Waals surface area contributed by atoms with E-state index in [0.29, 0.717) is 6.42 Å². The van der Waals surface area contributed by atoms with Gasteiger partial charge < -0.3 is 5.32 Å². The number of amides is 2. The topological polar surface area (TPSA) is 101 Å². The van der Waals surface area contributed by atoms with Crippen LogP contribution >= 0.6 is 0 Å². The van der Waals surface area contributed by atoms with Crippen LogP contribution in [0.15, 0.2) is 0 Å². The molecule has 4 N–H and O–H groups in total. The first-order valence-electron chi connectivity index (χ1n) is 3.86. The van der Waals surface area contributed by atoms with Crippen LogP contribution < -0.4 is 16.6 Å². The summed E-state index contributed by atoms with van der Waals surface area (Å²) in [4.78, 5) is 10.8. The van der Waals surface area contributed by atoms with Gasteiger partial charge in [0, 0.05) is 0 Å². The van der Waals surface area contributed by atoms with Crippen LogP contribution in [0, 0.1) is 0 Å². The van der Waals surface area contributed by atoms with E-state index < -0.39 is 21.4 Å². The Morgan fingerprint density at radius 3 is 2.54 bits per heavy atom. The van der Waals surface area contributed by atoms with Crippen LogP contribution in [0.25, 0.3) is 0 Å². The predicted octanol–water partition coefficient (Wildman–Crippen LogP) is -1.26. The smallest absolute Gasteiger partial charge is 0.329 e. The second-order valence-electron chi connectivity index (χ2n) is 3.50. The van der Waals surface area contributed by atoms with E-state index in [1.807, 2.05) is 5.43 Å². The minimum Gasteiger partial charge on any atom is -0.331 e. The summed E-state index contributed by atoms with van der Waals surface area (Å²) in [5.74, 6) is 4.96. The molecule has 2 amide bonds. The molecule has 0 spiro atoms. The molecule has 1 atom stereocenters. The van der Waals surface area contributed by atoms with Gasteiger partial charge in [-0.05, 0) is 13.3 Å². The standard InChI is InChI=1S/C6H13N3O3S/c1-6(8-5(10)9-7)2-3-13(11,12)4-6/h2-4,7H2,1H3,(H2,8,9,10)/t6-/m0/s1. The van der Waals surface area contributed by atoms with Crippen molar-refractivity contribution in [2.45, 2.75) is 18.9 Å². The maximum Gasteiger partial charge on any atom is 0.329 e. The molecule has 1 aliphatic rings. The number of urea groups is 1. The number of nitrogens with two attached hydrogens (primary N) is 1. The maximum absolute atomic E-state index is 11.1. The van der Waals surface area contributed by atoms with Gasteiger partial charge in [-0.1, -0.05) is 0 Å². The summed E-state index contributed by atoms with van der Waals surface area (Å²) < 4.78 is 22.2. The van der Waals surface area contributed by atoms with Gasteiger partial charge in [-0.15, -0.1) is 0 Å². The third-order valence-electron chi connectivity index (χ3n) is 2.05. The number of nitrogens with one attached hydrogen (secondary N) is 2. The average molecular weight is 207 g/mol. The highest BCUT2D eigenvalue weighted by Gasteiger charge is 2.39. The van der Waals surface area contributed by atoms with Crippen molar-refractivity contribution in [3.8, 4) is 0 Å². The average Bonchev–Trinajstić information content (AvgIpc) is 2.25. The van der Waals surface area contributed by atoms with Crippen molar-refractivity contribution in [3.05, 3.63) is 0 Å². The molecule has 1 fully saturated rings. The molecule has 1 aliphatic heterocycles. The fourth-order valence-corrected chi connectivity index (χ4v) is 3.51. The van der Waals surface area contributed by atoms with Crippen molar-refractivity contribution in [1.82, 2.24) is 10.7 Å². The molecule has 0 radical (unpaired) electrons. The van der Waals surface area contributed by atoms with E-state index in [2.05, 4.69) is 5.32 Å². The van der Waals surface area contributed by atoms with E-state index in [0.717, 1.165) is 0 Å². The first-order chi connectivity index (χ1) is 5.87. The molecule has 0 saturated carbocycles. The summed E-state index contributed by atoms with van der Waals surface area (Å²) in [6, 6.07) is -0.556. The first-order valence-corrected chi connectivity index (χ1v) is 5.68. The third kappa shape index (κ3) is 2.56. The Balaban J connectivity index is 2.65. The number of hydrogen-bond acceptors (Lipinski definition) is 4. The molecule has 0 aromatic carbocycles. The van der Waals surface area contributed by atoms with Gasteiger partial charge in [0.25, 0.3) is 0 Å². The van der Waals surface area contributed by atoms with Gasteiger partial charge in [0.05, 0.1) is 17.0 Å². The highest BCUT2D eigenvalue weighted by molar-refractivity contribution is 7.91. The number of carbonyl (C=O) groups is 1. The predicted molar refractivity (Wildman–Crippen MR) is 47.5 cm³/mol. The lowest BCUT2D eigenvalue weighted by atomic mass is 10.0. The minimum absolute atomic E-state index is 0.0204. The van der Waals surface area contributed by atoms with Crippen LogP contribution in [0.5, 0.6) is 0 Å². The van der Waals surface area contributed by atoms with Crippen LogP contribution in [0.3, 0.4) is 0 Å². The molecule has 1 heterocycles. The van der Waals surface area contributed by atoms with Crippen LogP contribution in [0.2, 0.25) is 0 Å². The highest BCUT2D eigenvalue weighted by Crippen LogP contribution is 2.22. The minimum atomic E-state index is -2.99. The van der Waals surface area contributed by atoms with Crippen LogP contribution in [0.4, 0.5) is 4.79 Å². The Morgan fingerprint density at radius 1 is 1.54 bits per heavy atom. The lowest BCUT2D eigenvalue weighted by Crippen LogP contribution is -2.52. The molecule has 6 nitrogen and oxygen atoms in total. The normalized spacial score (nSPS) is 31.2. The van der Waals surface area contributed by atoms with Crippen molar-refractivity contribution in [2.24, 2.45) is 5.84 Å². The number of sulfone groups is 1. The summed E-state index contributed by atoms with van der Waals surface area (Å²) in [5, 5.41) is 2.51. The Kier molecular flexibility index (Phi) is 2.49. The van der Waals surface area contributed by atoms with Gasteiger partial charge in [0.1, 0.15) is 0 Å². The number of rotatable bonds is 1. The molecule has 7 heteroatoms. The number of hydrazine groups is 1. The summed E-state index contributed by atoms with van der Waals surface area (Å²) in [6.45, 7) is 1.69. The Bertz CT molecular complexity index is 313. The molecule has 76 valence electrons. The summed E-state index contributed by atoms with van der Waals surface area (Å²) >= 11 is 0. The fourth-order valence-electron chi connectivity index (χ4n) is 1.42. The fraction of sp³-hybridized carbons (Fsp3) is 0.833. The monoisotopic (exact) mass is 207 g/mol. The molecular weight excluding hydrogens is 194 g/mol. The molecule has 1 rings (SSSR count). The van der Waals surface area contributed by atoms with E-state index in [4.69, 9.17) is 5.84 Å². The Labute approximate surface area is 76.8 Å². The largest absolute Gasteiger partial charge is 0.331 e. The number of carbonyl (C=O) groups excluding carboxylic acids is 1. The zero-order valence-electron chi connectivity index (χ0n) is 7.33.